The van der Waals surface area contributed by atoms with E-state index in [1.807, 2.05) is 61.6 Å². The Balaban J connectivity index is 1.91. The summed E-state index contributed by atoms with van der Waals surface area (Å²) >= 11 is 1.70. The molecule has 0 spiro atoms. The molecule has 0 bridgehead atoms. The van der Waals surface area contributed by atoms with Gasteiger partial charge < -0.3 is 4.74 Å². The molecule has 2 aromatic rings. The van der Waals surface area contributed by atoms with Gasteiger partial charge >= 0.3 is 0 Å². The summed E-state index contributed by atoms with van der Waals surface area (Å²) in [7, 11) is 3.61. The number of thioether (sulfide) groups is 1. The minimum absolute atomic E-state index is 0.0636. The molecular formula is C18H20N4OS. The number of ether oxygens (including phenoxy) is 1. The standard InChI is InChI=1S/C18H20N4OS/c1-13(15-5-4-10-20-11-15)21-22-17(12-24-18(22)19-2)14-6-8-16(23-3)9-7-14/h4-12,18-19H,1-3H3/b21-13+. The first-order valence-electron chi connectivity index (χ1n) is 7.65. The second-order valence-electron chi connectivity index (χ2n) is 5.28. The van der Waals surface area contributed by atoms with Crippen LogP contribution in [-0.2, 0) is 0 Å². The van der Waals surface area contributed by atoms with Gasteiger partial charge in [-0.15, -0.1) is 0 Å². The number of nitrogens with zero attached hydrogens (tertiary/aromatic N) is 3. The molecule has 124 valence electrons. The molecule has 0 saturated heterocycles. The lowest BCUT2D eigenvalue weighted by atomic mass is 10.1. The predicted octanol–water partition coefficient (Wildman–Crippen LogP) is 3.36. The molecule has 1 aliphatic heterocycles. The topological polar surface area (TPSA) is 49.8 Å². The first-order valence-corrected chi connectivity index (χ1v) is 8.59. The number of pyridine rings is 1. The fraction of sp³-hybridized carbons (Fsp3) is 0.222. The van der Waals surface area contributed by atoms with Crippen LogP contribution in [0.5, 0.6) is 5.75 Å². The van der Waals surface area contributed by atoms with E-state index in [1.165, 1.54) is 0 Å². The van der Waals surface area contributed by atoms with Gasteiger partial charge in [0.15, 0.2) is 5.50 Å². The Hall–Kier alpha value is -2.31. The van der Waals surface area contributed by atoms with Crippen LogP contribution in [0.25, 0.3) is 5.70 Å². The molecule has 3 rings (SSSR count). The molecule has 1 aromatic carbocycles. The monoisotopic (exact) mass is 340 g/mol. The molecule has 1 N–H and O–H groups in total. The number of benzene rings is 1. The van der Waals surface area contributed by atoms with Crippen LogP contribution in [0.3, 0.4) is 0 Å². The van der Waals surface area contributed by atoms with Crippen LogP contribution in [0.4, 0.5) is 0 Å². The molecule has 6 heteroatoms. The van der Waals surface area contributed by atoms with Crippen LogP contribution in [0.15, 0.2) is 59.3 Å². The lowest BCUT2D eigenvalue weighted by Crippen LogP contribution is -2.34. The van der Waals surface area contributed by atoms with E-state index in [9.17, 15) is 0 Å². The van der Waals surface area contributed by atoms with Crippen LogP contribution in [0.1, 0.15) is 18.1 Å². The molecule has 0 fully saturated rings. The van der Waals surface area contributed by atoms with Crippen molar-refractivity contribution >= 4 is 23.2 Å². The van der Waals surface area contributed by atoms with Crippen molar-refractivity contribution < 1.29 is 4.74 Å². The van der Waals surface area contributed by atoms with Gasteiger partial charge in [0.1, 0.15) is 5.75 Å². The molecule has 1 aliphatic rings. The highest BCUT2D eigenvalue weighted by Gasteiger charge is 2.26. The largest absolute Gasteiger partial charge is 0.497 e. The molecule has 2 heterocycles. The maximum Gasteiger partial charge on any atom is 0.153 e. The first kappa shape index (κ1) is 16.5. The fourth-order valence-electron chi connectivity index (χ4n) is 2.42. The molecule has 1 unspecified atom stereocenters. The zero-order valence-electron chi connectivity index (χ0n) is 13.9. The van der Waals surface area contributed by atoms with Crippen LogP contribution in [0.2, 0.25) is 0 Å². The molecule has 0 aliphatic carbocycles. The van der Waals surface area contributed by atoms with Crippen molar-refractivity contribution in [3.8, 4) is 5.75 Å². The summed E-state index contributed by atoms with van der Waals surface area (Å²) in [5.74, 6) is 0.844. The third-order valence-corrected chi connectivity index (χ3v) is 4.80. The van der Waals surface area contributed by atoms with Crippen molar-refractivity contribution in [2.75, 3.05) is 14.2 Å². The summed E-state index contributed by atoms with van der Waals surface area (Å²) < 4.78 is 5.24. The highest BCUT2D eigenvalue weighted by atomic mass is 32.2. The summed E-state index contributed by atoms with van der Waals surface area (Å²) in [5.41, 5.74) is 4.16. The molecule has 0 radical (unpaired) electrons. The van der Waals surface area contributed by atoms with Gasteiger partial charge in [0, 0.05) is 28.9 Å². The van der Waals surface area contributed by atoms with E-state index in [0.717, 1.165) is 28.3 Å². The van der Waals surface area contributed by atoms with Crippen molar-refractivity contribution in [2.24, 2.45) is 5.10 Å². The van der Waals surface area contributed by atoms with E-state index >= 15 is 0 Å². The second-order valence-corrected chi connectivity index (χ2v) is 6.23. The summed E-state index contributed by atoms with van der Waals surface area (Å²) in [6.07, 6.45) is 3.59. The van der Waals surface area contributed by atoms with Gasteiger partial charge in [0.2, 0.25) is 0 Å². The Morgan fingerprint density at radius 3 is 2.71 bits per heavy atom. The maximum absolute atomic E-state index is 5.24. The van der Waals surface area contributed by atoms with Crippen molar-refractivity contribution in [3.63, 3.8) is 0 Å². The van der Waals surface area contributed by atoms with Crippen LogP contribution < -0.4 is 10.1 Å². The van der Waals surface area contributed by atoms with Gasteiger partial charge in [-0.2, -0.15) is 5.10 Å². The maximum atomic E-state index is 5.24. The Morgan fingerprint density at radius 2 is 2.08 bits per heavy atom. The number of rotatable bonds is 5. The zero-order chi connectivity index (χ0) is 16.9. The third-order valence-electron chi connectivity index (χ3n) is 3.75. The van der Waals surface area contributed by atoms with Gasteiger partial charge in [-0.25, -0.2) is 5.01 Å². The Morgan fingerprint density at radius 1 is 1.29 bits per heavy atom. The van der Waals surface area contributed by atoms with Crippen LogP contribution >= 0.6 is 11.8 Å². The smallest absolute Gasteiger partial charge is 0.153 e. The van der Waals surface area contributed by atoms with E-state index in [0.29, 0.717) is 0 Å². The van der Waals surface area contributed by atoms with Gasteiger partial charge in [-0.05, 0) is 44.3 Å². The molecule has 1 atom stereocenters. The van der Waals surface area contributed by atoms with E-state index in [1.54, 1.807) is 25.1 Å². The van der Waals surface area contributed by atoms with Gasteiger partial charge in [-0.3, -0.25) is 10.3 Å². The molecular weight excluding hydrogens is 320 g/mol. The Kier molecular flexibility index (Phi) is 5.17. The molecule has 5 nitrogen and oxygen atoms in total. The summed E-state index contributed by atoms with van der Waals surface area (Å²) in [6, 6.07) is 12.0. The summed E-state index contributed by atoms with van der Waals surface area (Å²) in [6.45, 7) is 2.00. The zero-order valence-corrected chi connectivity index (χ0v) is 14.7. The molecule has 1 aromatic heterocycles. The van der Waals surface area contributed by atoms with E-state index in [4.69, 9.17) is 9.84 Å². The van der Waals surface area contributed by atoms with Gasteiger partial charge in [0.25, 0.3) is 0 Å². The fourth-order valence-corrected chi connectivity index (χ4v) is 3.34. The van der Waals surface area contributed by atoms with Crippen LogP contribution in [-0.4, -0.2) is 35.4 Å². The first-order chi connectivity index (χ1) is 11.7. The SMILES string of the molecule is CNC1SC=C(c2ccc(OC)cc2)N1/N=C(\C)c1cccnc1. The lowest BCUT2D eigenvalue weighted by Gasteiger charge is -2.24. The summed E-state index contributed by atoms with van der Waals surface area (Å²) in [5, 5.41) is 12.2. The average Bonchev–Trinajstić information content (AvgIpc) is 3.05. The Labute approximate surface area is 146 Å². The molecule has 0 saturated carbocycles. The number of hydrazone groups is 1. The van der Waals surface area contributed by atoms with Crippen LogP contribution in [0, 0.1) is 0 Å². The number of nitrogens with one attached hydrogen (secondary N) is 1. The average molecular weight is 340 g/mol. The summed E-state index contributed by atoms with van der Waals surface area (Å²) in [4.78, 5) is 4.17. The van der Waals surface area contributed by atoms with Crippen molar-refractivity contribution in [2.45, 2.75) is 12.4 Å². The van der Waals surface area contributed by atoms with Crippen molar-refractivity contribution in [1.82, 2.24) is 15.3 Å². The highest BCUT2D eigenvalue weighted by Crippen LogP contribution is 2.36. The number of methoxy groups -OCH3 is 1. The van der Waals surface area contributed by atoms with Crippen molar-refractivity contribution in [1.29, 1.82) is 0 Å². The van der Waals surface area contributed by atoms with Gasteiger partial charge in [-0.1, -0.05) is 17.8 Å². The quantitative estimate of drug-likeness (QED) is 0.846. The Bertz CT molecular complexity index is 743. The van der Waals surface area contributed by atoms with Crippen molar-refractivity contribution in [3.05, 3.63) is 65.3 Å². The van der Waals surface area contributed by atoms with E-state index in [2.05, 4.69) is 15.7 Å². The van der Waals surface area contributed by atoms with E-state index < -0.39 is 0 Å². The number of hydrogen-bond acceptors (Lipinski definition) is 6. The predicted molar refractivity (Wildman–Crippen MR) is 99.7 cm³/mol. The molecule has 0 amide bonds. The third kappa shape index (κ3) is 3.44. The minimum atomic E-state index is 0.0636. The molecule has 24 heavy (non-hydrogen) atoms. The highest BCUT2D eigenvalue weighted by molar-refractivity contribution is 8.03. The minimum Gasteiger partial charge on any atom is -0.497 e. The second kappa shape index (κ2) is 7.51. The normalized spacial score (nSPS) is 17.8. The number of hydrogen-bond donors (Lipinski definition) is 1. The van der Waals surface area contributed by atoms with E-state index in [-0.39, 0.29) is 5.50 Å². The number of aromatic nitrogens is 1. The van der Waals surface area contributed by atoms with Gasteiger partial charge in [0.05, 0.1) is 18.5 Å². The lowest BCUT2D eigenvalue weighted by molar-refractivity contribution is 0.370.